The molecule has 0 unspecified atom stereocenters. The first-order valence-corrected chi connectivity index (χ1v) is 13.9. The van der Waals surface area contributed by atoms with Crippen molar-refractivity contribution in [3.8, 4) is 12.3 Å². The topological polar surface area (TPSA) is 64.1 Å². The van der Waals surface area contributed by atoms with Gasteiger partial charge in [-0.05, 0) is 22.3 Å². The Morgan fingerprint density at radius 3 is 2.08 bits per heavy atom. The number of rotatable bonds is 6. The highest BCUT2D eigenvalue weighted by Crippen LogP contribution is 2.52. The molecule has 0 fully saturated rings. The Morgan fingerprint density at radius 2 is 1.59 bits per heavy atom. The molecular weight excluding hydrogens is 490 g/mol. The second-order valence-electron chi connectivity index (χ2n) is 10.5. The molecule has 0 amide bonds. The highest BCUT2D eigenvalue weighted by atomic mass is 28.4. The molecule has 3 aromatic rings. The minimum absolute atomic E-state index is 0.144. The van der Waals surface area contributed by atoms with E-state index in [9.17, 15) is 9.59 Å². The zero-order valence-electron chi connectivity index (χ0n) is 21.3. The highest BCUT2D eigenvalue weighted by Gasteiger charge is 2.62. The summed E-state index contributed by atoms with van der Waals surface area (Å²) in [5, 5.41) is 1.44. The summed E-state index contributed by atoms with van der Waals surface area (Å²) in [5.41, 5.74) is -3.50. The number of hydrogen-bond acceptors (Lipinski definition) is 3. The number of benzene rings is 2. The summed E-state index contributed by atoms with van der Waals surface area (Å²) in [6.07, 6.45) is 9.44. The monoisotopic (exact) mass is 520 g/mol. The van der Waals surface area contributed by atoms with Crippen LogP contribution in [0, 0.1) is 24.7 Å². The number of H-pyrrole nitrogens is 1. The van der Waals surface area contributed by atoms with Crippen LogP contribution in [-0.4, -0.2) is 30.4 Å². The van der Waals surface area contributed by atoms with Gasteiger partial charge in [0.15, 0.2) is 0 Å². The number of aromatic amines is 1. The first-order valence-electron chi connectivity index (χ1n) is 12.0. The number of alkyl halides is 2. The molecule has 8 heteroatoms. The molecule has 1 N–H and O–H groups in total. The largest absolute Gasteiger partial charge is 0.405 e. The van der Waals surface area contributed by atoms with Crippen molar-refractivity contribution in [2.75, 3.05) is 6.61 Å². The van der Waals surface area contributed by atoms with E-state index in [0.717, 1.165) is 21.1 Å². The first-order chi connectivity index (χ1) is 17.4. The molecule has 1 heterocycles. The van der Waals surface area contributed by atoms with Gasteiger partial charge < -0.3 is 4.43 Å². The van der Waals surface area contributed by atoms with Gasteiger partial charge >= 0.3 is 5.69 Å². The van der Waals surface area contributed by atoms with E-state index >= 15 is 8.78 Å². The van der Waals surface area contributed by atoms with Crippen LogP contribution >= 0.6 is 0 Å². The van der Waals surface area contributed by atoms with Crippen molar-refractivity contribution in [1.29, 1.82) is 0 Å². The van der Waals surface area contributed by atoms with Crippen molar-refractivity contribution in [2.24, 2.45) is 5.41 Å². The predicted octanol–water partition coefficient (Wildman–Crippen LogP) is 3.79. The molecule has 2 aromatic carbocycles. The molecule has 0 aliphatic heterocycles. The molecule has 192 valence electrons. The summed E-state index contributed by atoms with van der Waals surface area (Å²) >= 11 is 0. The van der Waals surface area contributed by atoms with E-state index in [1.165, 1.54) is 19.1 Å². The Morgan fingerprint density at radius 1 is 1.05 bits per heavy atom. The molecule has 1 aromatic heterocycles. The van der Waals surface area contributed by atoms with Crippen LogP contribution in [0.4, 0.5) is 8.78 Å². The zero-order valence-corrected chi connectivity index (χ0v) is 22.3. The summed E-state index contributed by atoms with van der Waals surface area (Å²) in [6, 6.07) is 17.7. The molecule has 0 saturated carbocycles. The molecule has 4 rings (SSSR count). The third-order valence-corrected chi connectivity index (χ3v) is 12.1. The van der Waals surface area contributed by atoms with E-state index in [0.29, 0.717) is 0 Å². The van der Waals surface area contributed by atoms with Gasteiger partial charge in [-0.3, -0.25) is 14.3 Å². The Bertz CT molecular complexity index is 1430. The molecule has 1 aliphatic carbocycles. The summed E-state index contributed by atoms with van der Waals surface area (Å²) in [5.74, 6) is -1.25. The number of allylic oxidation sites excluding steroid dienone is 1. The van der Waals surface area contributed by atoms with Crippen LogP contribution in [0.3, 0.4) is 0 Å². The summed E-state index contributed by atoms with van der Waals surface area (Å²) in [4.78, 5) is 26.3. The van der Waals surface area contributed by atoms with Crippen molar-refractivity contribution in [1.82, 2.24) is 9.55 Å². The van der Waals surface area contributed by atoms with Crippen LogP contribution < -0.4 is 21.6 Å². The third kappa shape index (κ3) is 4.22. The molecule has 2 atom stereocenters. The lowest BCUT2D eigenvalue weighted by atomic mass is 9.85. The lowest BCUT2D eigenvalue weighted by Gasteiger charge is -2.45. The fraction of sp³-hybridized carbons (Fsp3) is 0.310. The van der Waals surface area contributed by atoms with Crippen molar-refractivity contribution >= 4 is 18.7 Å². The maximum absolute atomic E-state index is 16.2. The minimum Gasteiger partial charge on any atom is -0.405 e. The van der Waals surface area contributed by atoms with Crippen LogP contribution in [0.2, 0.25) is 5.04 Å². The normalized spacial score (nSPS) is 21.1. The van der Waals surface area contributed by atoms with E-state index in [1.54, 1.807) is 0 Å². The first kappa shape index (κ1) is 26.5. The van der Waals surface area contributed by atoms with Gasteiger partial charge in [0.25, 0.3) is 19.8 Å². The molecule has 0 radical (unpaired) electrons. The highest BCUT2D eigenvalue weighted by molar-refractivity contribution is 6.99. The smallest absolute Gasteiger partial charge is 0.329 e. The van der Waals surface area contributed by atoms with E-state index in [2.05, 4.69) is 31.7 Å². The zero-order chi connectivity index (χ0) is 27.1. The molecule has 1 aliphatic rings. The number of nitrogens with zero attached hydrogens (tertiary/aromatic N) is 1. The van der Waals surface area contributed by atoms with Crippen molar-refractivity contribution in [3.63, 3.8) is 0 Å². The third-order valence-electron chi connectivity index (χ3n) is 7.17. The molecule has 0 spiro atoms. The van der Waals surface area contributed by atoms with E-state index in [1.807, 2.05) is 60.7 Å². The van der Waals surface area contributed by atoms with Gasteiger partial charge in [0.2, 0.25) is 0 Å². The second kappa shape index (κ2) is 9.40. The lowest BCUT2D eigenvalue weighted by molar-refractivity contribution is -0.103. The summed E-state index contributed by atoms with van der Waals surface area (Å²) in [7, 11) is -3.15. The number of aryl methyl sites for hydroxylation is 1. The van der Waals surface area contributed by atoms with Crippen LogP contribution in [0.15, 0.2) is 88.6 Å². The molecular formula is C29H30F2N2O3Si. The van der Waals surface area contributed by atoms with Gasteiger partial charge in [-0.15, -0.1) is 6.42 Å². The number of nitrogens with one attached hydrogen (secondary N) is 1. The van der Waals surface area contributed by atoms with Crippen molar-refractivity contribution in [2.45, 2.75) is 44.7 Å². The van der Waals surface area contributed by atoms with Crippen molar-refractivity contribution in [3.05, 3.63) is 105 Å². The van der Waals surface area contributed by atoms with Crippen molar-refractivity contribution < 1.29 is 13.2 Å². The molecule has 0 saturated heterocycles. The number of halogens is 2. The van der Waals surface area contributed by atoms with E-state index in [-0.39, 0.29) is 5.56 Å². The predicted molar refractivity (Wildman–Crippen MR) is 144 cm³/mol. The van der Waals surface area contributed by atoms with E-state index in [4.69, 9.17) is 10.8 Å². The summed E-state index contributed by atoms with van der Waals surface area (Å²) in [6.45, 7) is 7.15. The fourth-order valence-corrected chi connectivity index (χ4v) is 9.73. The number of aromatic nitrogens is 2. The second-order valence-corrected chi connectivity index (χ2v) is 14.8. The van der Waals surface area contributed by atoms with Gasteiger partial charge in [0.1, 0.15) is 11.5 Å². The quantitative estimate of drug-likeness (QED) is 0.306. The number of terminal acetylenes is 1. The Kier molecular flexibility index (Phi) is 6.74. The van der Waals surface area contributed by atoms with Crippen LogP contribution in [0.5, 0.6) is 0 Å². The van der Waals surface area contributed by atoms with Crippen LogP contribution in [-0.2, 0) is 4.43 Å². The average molecular weight is 521 g/mol. The summed E-state index contributed by atoms with van der Waals surface area (Å²) < 4.78 is 40.0. The van der Waals surface area contributed by atoms with E-state index < -0.39 is 48.6 Å². The molecule has 37 heavy (non-hydrogen) atoms. The SMILES string of the molecule is C#C[C@@]1(CO[Si](c2ccccc2)(c2ccccc2)C(C)(C)C)C=C[C@H](n2cc(C)c(=O)[nH]c2=O)C1(F)F. The van der Waals surface area contributed by atoms with Crippen LogP contribution in [0.1, 0.15) is 32.4 Å². The lowest BCUT2D eigenvalue weighted by Crippen LogP contribution is -2.67. The molecule has 5 nitrogen and oxygen atoms in total. The standard InChI is InChI=1S/C29H30F2N2O3Si/c1-6-28(18-17-24(29(28,30)31)33-19-21(2)25(34)32-26(33)35)20-36-37(27(3,4)5,22-13-9-7-10-14-22)23-15-11-8-12-16-23/h1,7-19,24H,20H2,2-5H3,(H,32,34,35)/t24-,28-/m0/s1. The van der Waals surface area contributed by atoms with Crippen LogP contribution in [0.25, 0.3) is 0 Å². The van der Waals surface area contributed by atoms with Gasteiger partial charge in [0.05, 0.1) is 6.61 Å². The van der Waals surface area contributed by atoms with Gasteiger partial charge in [0, 0.05) is 11.8 Å². The maximum atomic E-state index is 16.2. The van der Waals surface area contributed by atoms with Gasteiger partial charge in [-0.2, -0.15) is 0 Å². The van der Waals surface area contributed by atoms with Gasteiger partial charge in [-0.1, -0.05) is 99.5 Å². The molecule has 0 bridgehead atoms. The Balaban J connectivity index is 1.81. The Labute approximate surface area is 216 Å². The fourth-order valence-electron chi connectivity index (χ4n) is 5.13. The average Bonchev–Trinajstić information content (AvgIpc) is 3.12. The maximum Gasteiger partial charge on any atom is 0.329 e. The minimum atomic E-state index is -3.57. The Hall–Kier alpha value is -3.54. The number of hydrogen-bond donors (Lipinski definition) is 1. The van der Waals surface area contributed by atoms with Gasteiger partial charge in [-0.25, -0.2) is 13.6 Å².